The van der Waals surface area contributed by atoms with E-state index in [1.807, 2.05) is 0 Å². The van der Waals surface area contributed by atoms with E-state index in [1.54, 1.807) is 0 Å². The summed E-state index contributed by atoms with van der Waals surface area (Å²) >= 11 is 0. The Bertz CT molecular complexity index is 707. The van der Waals surface area contributed by atoms with Crippen LogP contribution in [0.4, 0.5) is 0 Å². The molecule has 0 saturated carbocycles. The lowest BCUT2D eigenvalue weighted by Crippen LogP contribution is -2.50. The van der Waals surface area contributed by atoms with Crippen molar-refractivity contribution in [3.8, 4) is 5.75 Å². The zero-order valence-electron chi connectivity index (χ0n) is 10.7. The molecular weight excluding hydrogens is 278 g/mol. The van der Waals surface area contributed by atoms with E-state index < -0.39 is 5.97 Å². The molecule has 3 heterocycles. The first kappa shape index (κ1) is 13.0. The minimum absolute atomic E-state index is 0.112. The zero-order valence-corrected chi connectivity index (χ0v) is 10.7. The molecule has 1 aliphatic rings. The monoisotopic (exact) mass is 289 g/mol. The summed E-state index contributed by atoms with van der Waals surface area (Å²) in [6, 6.07) is 1.33. The second-order valence-corrected chi connectivity index (χ2v) is 4.65. The number of rotatable bonds is 3. The maximum atomic E-state index is 12.1. The van der Waals surface area contributed by atoms with Gasteiger partial charge < -0.3 is 15.1 Å². The highest BCUT2D eigenvalue weighted by Crippen LogP contribution is 2.25. The Balaban J connectivity index is 1.66. The molecule has 9 nitrogen and oxygen atoms in total. The lowest BCUT2D eigenvalue weighted by molar-refractivity contribution is 0.0494. The van der Waals surface area contributed by atoms with E-state index in [-0.39, 0.29) is 29.0 Å². The number of pyridine rings is 1. The maximum Gasteiger partial charge on any atom is 0.358 e. The number of carboxylic acid groups (broad SMARTS) is 1. The fourth-order valence-corrected chi connectivity index (χ4v) is 2.08. The normalized spacial score (nSPS) is 14.8. The summed E-state index contributed by atoms with van der Waals surface area (Å²) in [5.74, 6) is -1.61. The molecule has 0 spiro atoms. The molecule has 2 N–H and O–H groups in total. The van der Waals surface area contributed by atoms with Gasteiger partial charge in [0.2, 0.25) is 0 Å². The van der Waals surface area contributed by atoms with Crippen molar-refractivity contribution in [3.63, 3.8) is 0 Å². The summed E-state index contributed by atoms with van der Waals surface area (Å²) in [6.45, 7) is 0.756. The Morgan fingerprint density at radius 3 is 2.71 bits per heavy atom. The number of likely N-dealkylation sites (tertiary alicyclic amines) is 1. The van der Waals surface area contributed by atoms with Gasteiger partial charge in [0.15, 0.2) is 5.69 Å². The summed E-state index contributed by atoms with van der Waals surface area (Å²) in [7, 11) is 0. The summed E-state index contributed by atoms with van der Waals surface area (Å²) < 4.78 is 1.43. The zero-order chi connectivity index (χ0) is 15.0. The van der Waals surface area contributed by atoms with Crippen LogP contribution in [0.15, 0.2) is 24.7 Å². The molecule has 21 heavy (non-hydrogen) atoms. The molecule has 0 unspecified atom stereocenters. The number of carboxylic acids is 1. The van der Waals surface area contributed by atoms with Crippen molar-refractivity contribution in [3.05, 3.63) is 35.9 Å². The standard InChI is InChI=1S/C12H11N5O4/c18-10-3-13-2-1-8(10)11(19)16-4-7(5-16)17-6-9(12(20)21)14-15-17/h1-3,6-7,18H,4-5H2,(H,20,21). The van der Waals surface area contributed by atoms with Crippen LogP contribution in [0.25, 0.3) is 0 Å². The third-order valence-electron chi connectivity index (χ3n) is 3.28. The van der Waals surface area contributed by atoms with E-state index in [0.717, 1.165) is 0 Å². The van der Waals surface area contributed by atoms with Gasteiger partial charge in [0.25, 0.3) is 5.91 Å². The van der Waals surface area contributed by atoms with Crippen LogP contribution in [0.2, 0.25) is 0 Å². The minimum Gasteiger partial charge on any atom is -0.505 e. The first-order valence-electron chi connectivity index (χ1n) is 6.13. The third kappa shape index (κ3) is 2.29. The van der Waals surface area contributed by atoms with Crippen LogP contribution in [0.1, 0.15) is 26.9 Å². The van der Waals surface area contributed by atoms with Crippen molar-refractivity contribution in [2.75, 3.05) is 13.1 Å². The van der Waals surface area contributed by atoms with Gasteiger partial charge in [-0.3, -0.25) is 9.78 Å². The van der Waals surface area contributed by atoms with E-state index in [0.29, 0.717) is 13.1 Å². The van der Waals surface area contributed by atoms with Crippen LogP contribution in [0.5, 0.6) is 5.75 Å². The van der Waals surface area contributed by atoms with Gasteiger partial charge in [-0.2, -0.15) is 0 Å². The van der Waals surface area contributed by atoms with Crippen molar-refractivity contribution in [1.82, 2.24) is 24.9 Å². The molecule has 1 aliphatic heterocycles. The van der Waals surface area contributed by atoms with E-state index in [9.17, 15) is 14.7 Å². The van der Waals surface area contributed by atoms with Crippen LogP contribution in [-0.4, -0.2) is 60.1 Å². The van der Waals surface area contributed by atoms with Gasteiger partial charge in [0.1, 0.15) is 5.75 Å². The molecule has 0 radical (unpaired) electrons. The molecule has 0 atom stereocenters. The number of aromatic hydroxyl groups is 1. The Morgan fingerprint density at radius 1 is 1.33 bits per heavy atom. The number of carbonyl (C=O) groups is 2. The molecule has 2 aromatic rings. The Labute approximate surface area is 118 Å². The largest absolute Gasteiger partial charge is 0.505 e. The molecule has 1 fully saturated rings. The molecule has 0 aromatic carbocycles. The molecular formula is C12H11N5O4. The lowest BCUT2D eigenvalue weighted by Gasteiger charge is -2.38. The van der Waals surface area contributed by atoms with Crippen LogP contribution in [0.3, 0.4) is 0 Å². The van der Waals surface area contributed by atoms with Crippen LogP contribution in [0, 0.1) is 0 Å². The van der Waals surface area contributed by atoms with Gasteiger partial charge >= 0.3 is 5.97 Å². The average Bonchev–Trinajstić information content (AvgIpc) is 2.87. The molecule has 9 heteroatoms. The van der Waals surface area contributed by atoms with Crippen molar-refractivity contribution >= 4 is 11.9 Å². The Kier molecular flexibility index (Phi) is 3.01. The fourth-order valence-electron chi connectivity index (χ4n) is 2.08. The number of aromatic carboxylic acids is 1. The molecule has 0 bridgehead atoms. The van der Waals surface area contributed by atoms with E-state index in [4.69, 9.17) is 5.11 Å². The summed E-state index contributed by atoms with van der Waals surface area (Å²) in [5.41, 5.74) is 0.0554. The number of hydrogen-bond donors (Lipinski definition) is 2. The number of aromatic nitrogens is 4. The molecule has 1 saturated heterocycles. The second kappa shape index (κ2) is 4.85. The highest BCUT2D eigenvalue weighted by atomic mass is 16.4. The van der Waals surface area contributed by atoms with E-state index in [2.05, 4.69) is 15.3 Å². The van der Waals surface area contributed by atoms with Gasteiger partial charge in [0.05, 0.1) is 24.0 Å². The van der Waals surface area contributed by atoms with Crippen LogP contribution in [-0.2, 0) is 0 Å². The van der Waals surface area contributed by atoms with E-state index >= 15 is 0 Å². The van der Waals surface area contributed by atoms with Crippen LogP contribution >= 0.6 is 0 Å². The predicted octanol–water partition coefficient (Wildman–Crippen LogP) is -0.226. The van der Waals surface area contributed by atoms with Gasteiger partial charge in [-0.25, -0.2) is 9.48 Å². The number of hydrogen-bond acceptors (Lipinski definition) is 6. The van der Waals surface area contributed by atoms with E-state index in [1.165, 1.54) is 34.2 Å². The number of carbonyl (C=O) groups excluding carboxylic acids is 1. The summed E-state index contributed by atoms with van der Waals surface area (Å²) in [6.07, 6.45) is 3.97. The number of amides is 1. The van der Waals surface area contributed by atoms with Gasteiger partial charge in [-0.1, -0.05) is 5.21 Å². The SMILES string of the molecule is O=C(O)c1cn(C2CN(C(=O)c3ccncc3O)C2)nn1. The molecule has 108 valence electrons. The van der Waals surface area contributed by atoms with Crippen molar-refractivity contribution in [1.29, 1.82) is 0 Å². The van der Waals surface area contributed by atoms with Gasteiger partial charge in [-0.15, -0.1) is 5.10 Å². The minimum atomic E-state index is -1.14. The summed E-state index contributed by atoms with van der Waals surface area (Å²) in [5, 5.41) is 25.6. The fraction of sp³-hybridized carbons (Fsp3) is 0.250. The molecule has 3 rings (SSSR count). The topological polar surface area (TPSA) is 121 Å². The van der Waals surface area contributed by atoms with Gasteiger partial charge in [0, 0.05) is 19.3 Å². The van der Waals surface area contributed by atoms with Crippen molar-refractivity contribution in [2.24, 2.45) is 0 Å². The first-order chi connectivity index (χ1) is 10.1. The highest BCUT2D eigenvalue weighted by molar-refractivity contribution is 5.97. The highest BCUT2D eigenvalue weighted by Gasteiger charge is 2.34. The first-order valence-corrected chi connectivity index (χ1v) is 6.13. The molecule has 1 amide bonds. The average molecular weight is 289 g/mol. The van der Waals surface area contributed by atoms with Crippen molar-refractivity contribution < 1.29 is 19.8 Å². The molecule has 0 aliphatic carbocycles. The predicted molar refractivity (Wildman–Crippen MR) is 67.8 cm³/mol. The smallest absolute Gasteiger partial charge is 0.358 e. The Hall–Kier alpha value is -2.97. The number of nitrogens with zero attached hydrogens (tertiary/aromatic N) is 5. The molecule has 2 aromatic heterocycles. The maximum absolute atomic E-state index is 12.1. The quantitative estimate of drug-likeness (QED) is 0.800. The lowest BCUT2D eigenvalue weighted by atomic mass is 10.1. The van der Waals surface area contributed by atoms with Crippen LogP contribution < -0.4 is 0 Å². The second-order valence-electron chi connectivity index (χ2n) is 4.65. The van der Waals surface area contributed by atoms with Crippen molar-refractivity contribution in [2.45, 2.75) is 6.04 Å². The third-order valence-corrected chi connectivity index (χ3v) is 3.28. The van der Waals surface area contributed by atoms with Gasteiger partial charge in [-0.05, 0) is 6.07 Å². The summed E-state index contributed by atoms with van der Waals surface area (Å²) in [4.78, 5) is 28.1. The Morgan fingerprint density at radius 2 is 2.10 bits per heavy atom.